The van der Waals surface area contributed by atoms with E-state index in [0.717, 1.165) is 5.57 Å². The van der Waals surface area contributed by atoms with Crippen LogP contribution in [0.5, 0.6) is 0 Å². The summed E-state index contributed by atoms with van der Waals surface area (Å²) in [6.07, 6.45) is 8.90. The summed E-state index contributed by atoms with van der Waals surface area (Å²) in [5, 5.41) is 0. The van der Waals surface area contributed by atoms with Gasteiger partial charge in [0, 0.05) is 6.08 Å². The fourth-order valence-corrected chi connectivity index (χ4v) is 0.653. The second kappa shape index (κ2) is 7.35. The van der Waals surface area contributed by atoms with Crippen molar-refractivity contribution >= 4 is 5.97 Å². The first-order valence-electron chi connectivity index (χ1n) is 4.26. The van der Waals surface area contributed by atoms with Crippen LogP contribution in [0.3, 0.4) is 0 Å². The quantitative estimate of drug-likeness (QED) is 0.377. The highest BCUT2D eigenvalue weighted by Gasteiger charge is 1.93. The molecular formula is C11H16O2. The lowest BCUT2D eigenvalue weighted by Crippen LogP contribution is -2.00. The van der Waals surface area contributed by atoms with Crippen molar-refractivity contribution in [2.75, 3.05) is 6.61 Å². The minimum Gasteiger partial charge on any atom is -0.458 e. The first kappa shape index (κ1) is 11.7. The van der Waals surface area contributed by atoms with E-state index in [2.05, 4.69) is 0 Å². The Bertz CT molecular complexity index is 230. The molecule has 0 bridgehead atoms. The molecule has 0 N–H and O–H groups in total. The van der Waals surface area contributed by atoms with Crippen LogP contribution in [0.2, 0.25) is 0 Å². The molecule has 0 heterocycles. The molecule has 0 aliphatic rings. The Labute approximate surface area is 79.6 Å². The Balaban J connectivity index is 3.66. The number of allylic oxidation sites excluding steroid dienone is 4. The van der Waals surface area contributed by atoms with E-state index in [1.165, 1.54) is 6.08 Å². The van der Waals surface area contributed by atoms with E-state index in [1.54, 1.807) is 6.08 Å². The Hall–Kier alpha value is -1.31. The Morgan fingerprint density at radius 3 is 2.54 bits per heavy atom. The van der Waals surface area contributed by atoms with Gasteiger partial charge in [0.1, 0.15) is 6.61 Å². The number of hydrogen-bond donors (Lipinski definition) is 0. The number of esters is 1. The first-order chi connectivity index (χ1) is 6.16. The molecule has 0 aromatic rings. The van der Waals surface area contributed by atoms with Crippen LogP contribution in [0.1, 0.15) is 20.8 Å². The molecule has 0 amide bonds. The SMILES string of the molecule is C/C=C\C=C\COC(=O)C=C(C)C. The van der Waals surface area contributed by atoms with Gasteiger partial charge < -0.3 is 4.74 Å². The van der Waals surface area contributed by atoms with E-state index in [1.807, 2.05) is 39.0 Å². The topological polar surface area (TPSA) is 26.3 Å². The summed E-state index contributed by atoms with van der Waals surface area (Å²) in [5.74, 6) is -0.287. The number of ether oxygens (including phenoxy) is 1. The van der Waals surface area contributed by atoms with Gasteiger partial charge in [0.2, 0.25) is 0 Å². The number of carbonyl (C=O) groups excluding carboxylic acids is 1. The molecule has 0 aliphatic carbocycles. The van der Waals surface area contributed by atoms with Gasteiger partial charge in [-0.05, 0) is 26.8 Å². The van der Waals surface area contributed by atoms with Gasteiger partial charge in [-0.3, -0.25) is 0 Å². The highest BCUT2D eigenvalue weighted by molar-refractivity contribution is 5.82. The lowest BCUT2D eigenvalue weighted by Gasteiger charge is -1.96. The second-order valence-corrected chi connectivity index (χ2v) is 2.81. The van der Waals surface area contributed by atoms with E-state index in [9.17, 15) is 4.79 Å². The van der Waals surface area contributed by atoms with Gasteiger partial charge in [-0.1, -0.05) is 23.8 Å². The Morgan fingerprint density at radius 1 is 1.31 bits per heavy atom. The average Bonchev–Trinajstić information content (AvgIpc) is 2.02. The average molecular weight is 180 g/mol. The Morgan fingerprint density at radius 2 is 2.00 bits per heavy atom. The van der Waals surface area contributed by atoms with Crippen molar-refractivity contribution in [1.82, 2.24) is 0 Å². The van der Waals surface area contributed by atoms with Gasteiger partial charge in [-0.15, -0.1) is 0 Å². The summed E-state index contributed by atoms with van der Waals surface area (Å²) in [7, 11) is 0. The summed E-state index contributed by atoms with van der Waals surface area (Å²) in [6, 6.07) is 0. The van der Waals surface area contributed by atoms with Crippen molar-refractivity contribution in [3.63, 3.8) is 0 Å². The predicted molar refractivity (Wildman–Crippen MR) is 54.3 cm³/mol. The second-order valence-electron chi connectivity index (χ2n) is 2.81. The minimum absolute atomic E-state index is 0.287. The molecule has 72 valence electrons. The third kappa shape index (κ3) is 8.60. The summed E-state index contributed by atoms with van der Waals surface area (Å²) in [5.41, 5.74) is 0.947. The molecule has 0 rings (SSSR count). The molecule has 0 atom stereocenters. The maximum atomic E-state index is 10.9. The molecule has 0 radical (unpaired) electrons. The van der Waals surface area contributed by atoms with Crippen LogP contribution in [0.15, 0.2) is 36.0 Å². The summed E-state index contributed by atoms with van der Waals surface area (Å²) >= 11 is 0. The zero-order valence-electron chi connectivity index (χ0n) is 8.41. The highest BCUT2D eigenvalue weighted by atomic mass is 16.5. The van der Waals surface area contributed by atoms with Crippen LogP contribution in [0.4, 0.5) is 0 Å². The van der Waals surface area contributed by atoms with Gasteiger partial charge in [0.15, 0.2) is 0 Å². The van der Waals surface area contributed by atoms with E-state index in [-0.39, 0.29) is 5.97 Å². The van der Waals surface area contributed by atoms with Gasteiger partial charge in [-0.2, -0.15) is 0 Å². The normalized spacial score (nSPS) is 10.7. The smallest absolute Gasteiger partial charge is 0.330 e. The summed E-state index contributed by atoms with van der Waals surface area (Å²) in [4.78, 5) is 10.9. The maximum Gasteiger partial charge on any atom is 0.330 e. The molecule has 0 aromatic heterocycles. The molecule has 13 heavy (non-hydrogen) atoms. The van der Waals surface area contributed by atoms with Gasteiger partial charge >= 0.3 is 5.97 Å². The van der Waals surface area contributed by atoms with Gasteiger partial charge in [0.05, 0.1) is 0 Å². The van der Waals surface area contributed by atoms with Crippen LogP contribution in [-0.2, 0) is 9.53 Å². The van der Waals surface area contributed by atoms with Gasteiger partial charge in [-0.25, -0.2) is 4.79 Å². The molecule has 0 aliphatic heterocycles. The monoisotopic (exact) mass is 180 g/mol. The molecule has 0 unspecified atom stereocenters. The van der Waals surface area contributed by atoms with Crippen LogP contribution < -0.4 is 0 Å². The Kier molecular flexibility index (Phi) is 6.60. The first-order valence-corrected chi connectivity index (χ1v) is 4.26. The zero-order valence-corrected chi connectivity index (χ0v) is 8.41. The standard InChI is InChI=1S/C11H16O2/c1-4-5-6-7-8-13-11(12)9-10(2)3/h4-7,9H,8H2,1-3H3/b5-4-,7-6+. The van der Waals surface area contributed by atoms with E-state index in [4.69, 9.17) is 4.74 Å². The van der Waals surface area contributed by atoms with Crippen molar-refractivity contribution < 1.29 is 9.53 Å². The van der Waals surface area contributed by atoms with Gasteiger partial charge in [0.25, 0.3) is 0 Å². The molecule has 0 aromatic carbocycles. The molecule has 0 fully saturated rings. The van der Waals surface area contributed by atoms with Crippen LogP contribution in [0.25, 0.3) is 0 Å². The molecule has 0 spiro atoms. The van der Waals surface area contributed by atoms with Crippen LogP contribution in [0, 0.1) is 0 Å². The lowest BCUT2D eigenvalue weighted by atomic mass is 10.3. The predicted octanol–water partition coefficient (Wildman–Crippen LogP) is 2.63. The molecule has 2 nitrogen and oxygen atoms in total. The van der Waals surface area contributed by atoms with Crippen molar-refractivity contribution in [3.05, 3.63) is 36.0 Å². The van der Waals surface area contributed by atoms with E-state index in [0.29, 0.717) is 6.61 Å². The minimum atomic E-state index is -0.287. The lowest BCUT2D eigenvalue weighted by molar-refractivity contribution is -0.136. The maximum absolute atomic E-state index is 10.9. The van der Waals surface area contributed by atoms with Crippen LogP contribution >= 0.6 is 0 Å². The third-order valence-electron chi connectivity index (χ3n) is 1.17. The van der Waals surface area contributed by atoms with Crippen molar-refractivity contribution in [2.24, 2.45) is 0 Å². The fraction of sp³-hybridized carbons (Fsp3) is 0.364. The number of carbonyl (C=O) groups is 1. The molecular weight excluding hydrogens is 164 g/mol. The summed E-state index contributed by atoms with van der Waals surface area (Å²) in [6.45, 7) is 5.97. The van der Waals surface area contributed by atoms with Crippen molar-refractivity contribution in [1.29, 1.82) is 0 Å². The van der Waals surface area contributed by atoms with Crippen molar-refractivity contribution in [3.8, 4) is 0 Å². The highest BCUT2D eigenvalue weighted by Crippen LogP contribution is 1.91. The molecule has 0 saturated carbocycles. The van der Waals surface area contributed by atoms with Crippen molar-refractivity contribution in [2.45, 2.75) is 20.8 Å². The van der Waals surface area contributed by atoms with E-state index < -0.39 is 0 Å². The molecule has 2 heteroatoms. The zero-order chi connectivity index (χ0) is 10.1. The largest absolute Gasteiger partial charge is 0.458 e. The number of hydrogen-bond acceptors (Lipinski definition) is 2. The fourth-order valence-electron chi connectivity index (χ4n) is 0.653. The van der Waals surface area contributed by atoms with E-state index >= 15 is 0 Å². The third-order valence-corrected chi connectivity index (χ3v) is 1.17. The summed E-state index contributed by atoms with van der Waals surface area (Å²) < 4.78 is 4.86. The number of rotatable bonds is 4. The van der Waals surface area contributed by atoms with Crippen LogP contribution in [-0.4, -0.2) is 12.6 Å². The molecule has 0 saturated heterocycles.